The van der Waals surface area contributed by atoms with Crippen LogP contribution in [0.3, 0.4) is 0 Å². The fourth-order valence-electron chi connectivity index (χ4n) is 2.46. The lowest BCUT2D eigenvalue weighted by Crippen LogP contribution is -2.22. The Morgan fingerprint density at radius 1 is 1.48 bits per heavy atom. The molecule has 1 amide bonds. The van der Waals surface area contributed by atoms with Gasteiger partial charge in [-0.3, -0.25) is 9.48 Å². The monoisotopic (exact) mass is 336 g/mol. The van der Waals surface area contributed by atoms with Gasteiger partial charge in [0.1, 0.15) is 5.69 Å². The molecule has 1 aromatic heterocycles. The lowest BCUT2D eigenvalue weighted by atomic mass is 10.0. The van der Waals surface area contributed by atoms with Gasteiger partial charge in [0, 0.05) is 17.1 Å². The van der Waals surface area contributed by atoms with Gasteiger partial charge < -0.3 is 15.7 Å². The average molecular weight is 337 g/mol. The Labute approximate surface area is 140 Å². The smallest absolute Gasteiger partial charge is 0.252 e. The molecule has 0 aliphatic heterocycles. The largest absolute Gasteiger partial charge is 0.394 e. The van der Waals surface area contributed by atoms with Crippen molar-refractivity contribution in [3.8, 4) is 11.3 Å². The summed E-state index contributed by atoms with van der Waals surface area (Å²) in [5, 5.41) is 14.6. The van der Waals surface area contributed by atoms with Gasteiger partial charge in [-0.2, -0.15) is 5.10 Å². The Hall–Kier alpha value is -1.89. The Morgan fingerprint density at radius 3 is 2.70 bits per heavy atom. The topological polar surface area (TPSA) is 84.4 Å². The number of hydrogen-bond acceptors (Lipinski definition) is 4. The van der Waals surface area contributed by atoms with E-state index in [2.05, 4.69) is 5.10 Å². The second kappa shape index (κ2) is 7.12. The molecule has 3 N–H and O–H groups in total. The normalized spacial score (nSPS) is 12.6. The summed E-state index contributed by atoms with van der Waals surface area (Å²) in [4.78, 5) is 14.0. The van der Waals surface area contributed by atoms with Gasteiger partial charge in [-0.1, -0.05) is 23.7 Å². The lowest BCUT2D eigenvalue weighted by molar-refractivity contribution is 0.0998. The van der Waals surface area contributed by atoms with Crippen LogP contribution >= 0.6 is 11.6 Å². The minimum Gasteiger partial charge on any atom is -0.394 e. The van der Waals surface area contributed by atoms with Gasteiger partial charge in [0.25, 0.3) is 5.91 Å². The van der Waals surface area contributed by atoms with Crippen LogP contribution in [0.25, 0.3) is 11.3 Å². The van der Waals surface area contributed by atoms with Crippen LogP contribution in [0.1, 0.15) is 29.0 Å². The number of nitrogens with zero attached hydrogens (tertiary/aromatic N) is 3. The molecule has 6 nitrogen and oxygen atoms in total. The van der Waals surface area contributed by atoms with Gasteiger partial charge in [0.2, 0.25) is 0 Å². The summed E-state index contributed by atoms with van der Waals surface area (Å²) in [6.45, 7) is 2.23. The number of benzene rings is 1. The highest BCUT2D eigenvalue weighted by molar-refractivity contribution is 6.30. The summed E-state index contributed by atoms with van der Waals surface area (Å²) < 4.78 is 1.66. The zero-order chi connectivity index (χ0) is 17.1. The van der Waals surface area contributed by atoms with Crippen LogP contribution in [0.5, 0.6) is 0 Å². The first-order valence-corrected chi connectivity index (χ1v) is 7.65. The highest BCUT2D eigenvalue weighted by atomic mass is 35.5. The van der Waals surface area contributed by atoms with Crippen LogP contribution in [0.2, 0.25) is 5.02 Å². The number of hydrogen-bond donors (Lipinski definition) is 2. The summed E-state index contributed by atoms with van der Waals surface area (Å²) in [6.07, 6.45) is 0. The summed E-state index contributed by atoms with van der Waals surface area (Å²) in [5.74, 6) is -0.548. The van der Waals surface area contributed by atoms with E-state index < -0.39 is 5.91 Å². The third-order valence-corrected chi connectivity index (χ3v) is 3.74. The maximum atomic E-state index is 12.1. The van der Waals surface area contributed by atoms with Crippen molar-refractivity contribution in [1.29, 1.82) is 0 Å². The molecule has 1 aromatic carbocycles. The second-order valence-electron chi connectivity index (χ2n) is 5.76. The molecule has 0 spiro atoms. The van der Waals surface area contributed by atoms with Crippen molar-refractivity contribution >= 4 is 17.5 Å². The average Bonchev–Trinajstić information content (AvgIpc) is 2.85. The second-order valence-corrected chi connectivity index (χ2v) is 6.20. The van der Waals surface area contributed by atoms with E-state index in [1.165, 1.54) is 0 Å². The molecule has 0 bridgehead atoms. The Kier molecular flexibility index (Phi) is 5.41. The van der Waals surface area contributed by atoms with E-state index in [1.807, 2.05) is 32.0 Å². The number of aliphatic hydroxyl groups excluding tert-OH is 1. The fourth-order valence-corrected chi connectivity index (χ4v) is 2.65. The van der Waals surface area contributed by atoms with Crippen molar-refractivity contribution in [3.63, 3.8) is 0 Å². The quantitative estimate of drug-likeness (QED) is 0.844. The standard InChI is InChI=1S/C16H21ClN4O2/c1-10(9-22)21-13(8-20(2)3)14(16(18)23)15(19-21)11-5-4-6-12(17)7-11/h4-7,10,22H,8-9H2,1-3H3,(H2,18,23). The van der Waals surface area contributed by atoms with Gasteiger partial charge in [-0.25, -0.2) is 0 Å². The first-order valence-electron chi connectivity index (χ1n) is 7.27. The minimum absolute atomic E-state index is 0.0880. The molecule has 0 saturated carbocycles. The summed E-state index contributed by atoms with van der Waals surface area (Å²) in [6, 6.07) is 6.85. The van der Waals surface area contributed by atoms with E-state index >= 15 is 0 Å². The molecule has 0 saturated heterocycles. The van der Waals surface area contributed by atoms with Gasteiger partial charge in [0.15, 0.2) is 0 Å². The number of carbonyl (C=O) groups excluding carboxylic acids is 1. The van der Waals surface area contributed by atoms with Crippen molar-refractivity contribution in [2.75, 3.05) is 20.7 Å². The Morgan fingerprint density at radius 2 is 2.17 bits per heavy atom. The number of carbonyl (C=O) groups is 1. The molecule has 0 aliphatic carbocycles. The highest BCUT2D eigenvalue weighted by Gasteiger charge is 2.25. The van der Waals surface area contributed by atoms with Crippen molar-refractivity contribution in [2.45, 2.75) is 19.5 Å². The highest BCUT2D eigenvalue weighted by Crippen LogP contribution is 2.29. The van der Waals surface area contributed by atoms with Crippen LogP contribution < -0.4 is 5.73 Å². The van der Waals surface area contributed by atoms with E-state index in [-0.39, 0.29) is 12.6 Å². The molecule has 0 aliphatic rings. The maximum Gasteiger partial charge on any atom is 0.252 e. The minimum atomic E-state index is -0.548. The predicted octanol–water partition coefficient (Wildman–Crippen LogP) is 1.92. The molecular formula is C16H21ClN4O2. The lowest BCUT2D eigenvalue weighted by Gasteiger charge is -2.16. The van der Waals surface area contributed by atoms with E-state index in [0.29, 0.717) is 28.5 Å². The summed E-state index contributed by atoms with van der Waals surface area (Å²) in [7, 11) is 3.79. The maximum absolute atomic E-state index is 12.1. The first kappa shape index (κ1) is 17.5. The van der Waals surface area contributed by atoms with Gasteiger partial charge in [-0.05, 0) is 33.2 Å². The van der Waals surface area contributed by atoms with Crippen LogP contribution in [0.15, 0.2) is 24.3 Å². The van der Waals surface area contributed by atoms with E-state index in [4.69, 9.17) is 17.3 Å². The summed E-state index contributed by atoms with van der Waals surface area (Å²) in [5.41, 5.74) is 7.86. The van der Waals surface area contributed by atoms with Gasteiger partial charge >= 0.3 is 0 Å². The summed E-state index contributed by atoms with van der Waals surface area (Å²) >= 11 is 6.05. The third-order valence-electron chi connectivity index (χ3n) is 3.50. The first-order chi connectivity index (χ1) is 10.8. The van der Waals surface area contributed by atoms with Crippen molar-refractivity contribution in [2.24, 2.45) is 5.73 Å². The number of amides is 1. The van der Waals surface area contributed by atoms with Crippen LogP contribution in [0, 0.1) is 0 Å². The zero-order valence-electron chi connectivity index (χ0n) is 13.5. The molecule has 0 fully saturated rings. The Bertz CT molecular complexity index is 712. The van der Waals surface area contributed by atoms with Gasteiger partial charge in [0.05, 0.1) is 23.9 Å². The van der Waals surface area contributed by atoms with Crippen LogP contribution in [-0.2, 0) is 6.54 Å². The van der Waals surface area contributed by atoms with E-state index in [9.17, 15) is 9.90 Å². The SMILES string of the molecule is CC(CO)n1nc(-c2cccc(Cl)c2)c(C(N)=O)c1CN(C)C. The van der Waals surface area contributed by atoms with E-state index in [1.54, 1.807) is 22.9 Å². The Balaban J connectivity index is 2.71. The van der Waals surface area contributed by atoms with E-state index in [0.717, 1.165) is 5.56 Å². The molecule has 7 heteroatoms. The number of aliphatic hydroxyl groups is 1. The third kappa shape index (κ3) is 3.72. The molecule has 1 atom stereocenters. The number of aromatic nitrogens is 2. The number of nitrogens with two attached hydrogens (primary N) is 1. The van der Waals surface area contributed by atoms with Crippen molar-refractivity contribution < 1.29 is 9.90 Å². The number of rotatable bonds is 6. The molecule has 124 valence electrons. The van der Waals surface area contributed by atoms with Crippen LogP contribution in [0.4, 0.5) is 0 Å². The molecule has 0 radical (unpaired) electrons. The molecule has 1 unspecified atom stereocenters. The molecular weight excluding hydrogens is 316 g/mol. The molecule has 23 heavy (non-hydrogen) atoms. The fraction of sp³-hybridized carbons (Fsp3) is 0.375. The number of halogens is 1. The zero-order valence-corrected chi connectivity index (χ0v) is 14.2. The van der Waals surface area contributed by atoms with Gasteiger partial charge in [-0.15, -0.1) is 0 Å². The molecule has 1 heterocycles. The molecule has 2 rings (SSSR count). The van der Waals surface area contributed by atoms with Crippen LogP contribution in [-0.4, -0.2) is 46.4 Å². The molecule has 2 aromatic rings. The number of primary amides is 1. The predicted molar refractivity (Wildman–Crippen MR) is 90.4 cm³/mol. The van der Waals surface area contributed by atoms with Crippen molar-refractivity contribution in [1.82, 2.24) is 14.7 Å². The van der Waals surface area contributed by atoms with Crippen molar-refractivity contribution in [3.05, 3.63) is 40.5 Å².